The summed E-state index contributed by atoms with van der Waals surface area (Å²) in [6.07, 6.45) is 0. The van der Waals surface area contributed by atoms with Gasteiger partial charge in [-0.1, -0.05) is 165 Å². The van der Waals surface area contributed by atoms with Crippen LogP contribution in [0.2, 0.25) is 35.2 Å². The topological polar surface area (TPSA) is 212 Å². The fourth-order valence-electron chi connectivity index (χ4n) is 9.35. The summed E-state index contributed by atoms with van der Waals surface area (Å²) < 4.78 is 251. The predicted octanol–water partition coefficient (Wildman–Crippen LogP) is 23.1. The maximum Gasteiger partial charge on any atom is 0.485 e. The third kappa shape index (κ3) is 41.0. The van der Waals surface area contributed by atoms with Crippen LogP contribution in [0, 0.1) is 45.1 Å². The number of halogens is 23. The first-order chi connectivity index (χ1) is 54.8. The minimum Gasteiger partial charge on any atom is -1.00 e. The van der Waals surface area contributed by atoms with Gasteiger partial charge in [0.2, 0.25) is 0 Å². The van der Waals surface area contributed by atoms with Gasteiger partial charge in [-0.3, -0.25) is 12.9 Å². The first-order valence-electron chi connectivity index (χ1n) is 32.4. The molecule has 0 radical (unpaired) electrons. The van der Waals surface area contributed by atoms with Gasteiger partial charge in [0, 0.05) is 65.5 Å². The molecular formula is C78H58BCl7F16O11PS6-3. The summed E-state index contributed by atoms with van der Waals surface area (Å²) in [6, 6.07) is 80.7. The summed E-state index contributed by atoms with van der Waals surface area (Å²) in [5, 5.41) is 14.9. The van der Waals surface area contributed by atoms with Crippen LogP contribution in [0.25, 0.3) is 0 Å². The molecule has 0 amide bonds. The normalized spacial score (nSPS) is 11.6. The number of aryl methyl sites for hydroxylation is 4. The molecule has 0 N–H and O–H groups in total. The van der Waals surface area contributed by atoms with Crippen LogP contribution in [0.15, 0.2) is 333 Å². The molecule has 0 aliphatic rings. The van der Waals surface area contributed by atoms with E-state index in [9.17, 15) is 100 Å². The van der Waals surface area contributed by atoms with Gasteiger partial charge in [-0.25, -0.2) is 38.4 Å². The Bertz CT molecular complexity index is 5360. The smallest absolute Gasteiger partial charge is 0.485 e. The summed E-state index contributed by atoms with van der Waals surface area (Å²) in [7, 11) is -30.3. The molecule has 0 unspecified atom stereocenters. The van der Waals surface area contributed by atoms with Crippen LogP contribution in [0.3, 0.4) is 0 Å². The molecule has 0 bridgehead atoms. The first kappa shape index (κ1) is 106. The number of alkyl halides is 3. The van der Waals surface area contributed by atoms with E-state index in [1.54, 1.807) is 98.8 Å². The molecule has 0 aliphatic heterocycles. The Morgan fingerprint density at radius 3 is 0.833 bits per heavy atom. The fourth-order valence-corrected chi connectivity index (χ4v) is 18.3. The number of carboxylic acid groups (broad SMARTS) is 1. The number of hydrogen-bond donors (Lipinski definition) is 0. The Labute approximate surface area is 724 Å². The van der Waals surface area contributed by atoms with Crippen molar-refractivity contribution < 1.29 is 118 Å². The van der Waals surface area contributed by atoms with Crippen molar-refractivity contribution in [2.45, 2.75) is 87.1 Å². The maximum absolute atomic E-state index is 13.6. The third-order valence-corrected chi connectivity index (χ3v) is 24.7. The molecule has 11 nitrogen and oxygen atoms in total. The summed E-state index contributed by atoms with van der Waals surface area (Å²) in [4.78, 5) is 18.8. The van der Waals surface area contributed by atoms with Crippen molar-refractivity contribution in [3.05, 3.63) is 359 Å². The molecule has 0 aliphatic carbocycles. The minimum atomic E-state index is -10.7. The molecule has 0 atom stereocenters. The number of aromatic carboxylic acids is 1. The van der Waals surface area contributed by atoms with E-state index in [1.165, 1.54) is 75.4 Å². The molecule has 12 aromatic carbocycles. The second-order valence-corrected chi connectivity index (χ2v) is 38.5. The minimum absolute atomic E-state index is 0. The Morgan fingerprint density at radius 1 is 0.350 bits per heavy atom. The van der Waals surface area contributed by atoms with Gasteiger partial charge in [-0.15, -0.1) is 0 Å². The van der Waals surface area contributed by atoms with Gasteiger partial charge in [-0.05, 0) is 220 Å². The zero-order chi connectivity index (χ0) is 89.8. The van der Waals surface area contributed by atoms with Gasteiger partial charge in [0.15, 0.2) is 54.2 Å². The van der Waals surface area contributed by atoms with E-state index in [2.05, 4.69) is 36.4 Å². The van der Waals surface area contributed by atoms with Gasteiger partial charge in [0.1, 0.15) is 37.7 Å². The molecule has 12 rings (SSSR count). The number of benzene rings is 12. The maximum atomic E-state index is 13.6. The molecule has 644 valence electrons. The van der Waals surface area contributed by atoms with Crippen LogP contribution in [0.1, 0.15) is 32.6 Å². The van der Waals surface area contributed by atoms with Crippen LogP contribution in [0.4, 0.5) is 64.5 Å². The number of carboxylic acids is 1. The van der Waals surface area contributed by atoms with Crippen LogP contribution in [-0.4, -0.2) is 57.9 Å². The number of carbonyl (C=O) groups is 1. The van der Waals surface area contributed by atoms with E-state index in [0.29, 0.717) is 45.9 Å². The standard InChI is InChI=1S/C18H11Cl4S.C18H12Cl3S.C18H12F3S.C9H12O3S.C7H8O3S.C7H6O2.CHF3O3S.BF3.F6P.FH/c19-12-1-5-16(6-2-12)23(17-7-3-13(20)4-8-17)18-10-14(21)9-15(22)11-18;19-13-1-7-16(8-2-13)22(17-9-3-14(20)4-10-17)18-11-5-15(21)6-12-18;19-13-4-1-7-16(10-13)22(17-8-2-5-14(20)11-17)18-9-3-6-15(21)12-18;1-6-4-7(2)9(8(3)5-6)13(10,11)12;1-6-2-4-7(5-3-6)11(8,9)10;8-7(9)6-4-2-1-3-5-6;2-1(3,4)8(5,6)7;2-1(3)4;1-7(2,3,4,5)6;/h1-11H;2*1-12H;4-5H,1-3H3,(H,10,11,12);2-5H,1H3,(H,8,9,10);1-5H,(H,8,9);(H,5,6,7);;;1H/q3*+1;;;;;;-1;/p-5. The van der Waals surface area contributed by atoms with Gasteiger partial charge in [0.25, 0.3) is 0 Å². The zero-order valence-electron chi connectivity index (χ0n) is 61.2. The van der Waals surface area contributed by atoms with Crippen molar-refractivity contribution in [2.75, 3.05) is 0 Å². The molecule has 0 saturated carbocycles. The van der Waals surface area contributed by atoms with Crippen molar-refractivity contribution in [1.29, 1.82) is 0 Å². The summed E-state index contributed by atoms with van der Waals surface area (Å²) in [5.74, 6) is -2.25. The van der Waals surface area contributed by atoms with Crippen molar-refractivity contribution in [3.8, 4) is 0 Å². The van der Waals surface area contributed by atoms with E-state index in [0.717, 1.165) is 40.9 Å². The van der Waals surface area contributed by atoms with Crippen molar-refractivity contribution in [2.24, 2.45) is 0 Å². The molecule has 0 fully saturated rings. The van der Waals surface area contributed by atoms with Gasteiger partial charge < -0.3 is 28.3 Å². The number of hydrogen-bond acceptors (Lipinski definition) is 11. The van der Waals surface area contributed by atoms with Crippen LogP contribution in [-0.2, 0) is 63.0 Å². The summed E-state index contributed by atoms with van der Waals surface area (Å²) in [6.45, 7) is 6.94. The van der Waals surface area contributed by atoms with Crippen LogP contribution < -0.4 is 9.81 Å². The average molecular weight is 1960 g/mol. The second-order valence-electron chi connectivity index (χ2n) is 23.4. The van der Waals surface area contributed by atoms with E-state index in [-0.39, 0.29) is 59.3 Å². The molecular weight excluding hydrogens is 1900 g/mol. The van der Waals surface area contributed by atoms with E-state index in [1.807, 2.05) is 111 Å². The van der Waals surface area contributed by atoms with E-state index >= 15 is 0 Å². The SMILES string of the molecule is Cc1cc(C)c(S(=O)(=O)[O-])c(C)c1.Cc1ccc(S(=O)(=O)[O-])cc1.Clc1ccc([S+](c2ccc(Cl)cc2)c2cc(Cl)cc(Cl)c2)cc1.Clc1ccc([S+](c2ccc(Cl)cc2)c2ccc(Cl)cc2)cc1.FB(F)F.F[P-](F)(F)(F)(F)F.Fc1cccc([S+](c2cccc(F)c2)c2cccc(F)c2)c1.O=C([O-])c1ccccc1.O=S(=O)([O-])C(F)(F)F.[F-]. The number of carbonyl (C=O) groups excluding carboxylic acids is 1. The predicted molar refractivity (Wildman–Crippen MR) is 436 cm³/mol. The fraction of sp³-hybridized carbons (Fsp3) is 0.0641. The second kappa shape index (κ2) is 46.7. The molecule has 120 heavy (non-hydrogen) atoms. The molecule has 0 aromatic heterocycles. The summed E-state index contributed by atoms with van der Waals surface area (Å²) in [5.41, 5.74) is -2.50. The van der Waals surface area contributed by atoms with Crippen molar-refractivity contribution in [1.82, 2.24) is 0 Å². The van der Waals surface area contributed by atoms with Crippen molar-refractivity contribution in [3.63, 3.8) is 0 Å². The molecule has 42 heteroatoms. The molecule has 12 aromatic rings. The summed E-state index contributed by atoms with van der Waals surface area (Å²) >= 11 is 42.5. The third-order valence-electron chi connectivity index (χ3n) is 13.9. The van der Waals surface area contributed by atoms with E-state index in [4.69, 9.17) is 94.2 Å². The zero-order valence-corrected chi connectivity index (χ0v) is 72.3. The van der Waals surface area contributed by atoms with Gasteiger partial charge in [0.05, 0.1) is 48.4 Å². The van der Waals surface area contributed by atoms with E-state index < -0.39 is 68.1 Å². The van der Waals surface area contributed by atoms with Crippen LogP contribution >= 0.6 is 89.0 Å². The Hall–Kier alpha value is -7.71. The van der Waals surface area contributed by atoms with Gasteiger partial charge in [-0.2, -0.15) is 13.2 Å². The Balaban J connectivity index is 0.000000364. The first-order valence-corrected chi connectivity index (χ1v) is 45.0. The molecule has 0 spiro atoms. The van der Waals surface area contributed by atoms with Gasteiger partial charge >= 0.3 is 46.0 Å². The molecule has 0 heterocycles. The number of rotatable bonds is 12. The quantitative estimate of drug-likeness (QED) is 0.0280. The Morgan fingerprint density at radius 2 is 0.608 bits per heavy atom. The Kier molecular flexibility index (Phi) is 41.4. The monoisotopic (exact) mass is 1950 g/mol. The average Bonchev–Trinajstić information content (AvgIpc) is 0.940. The van der Waals surface area contributed by atoms with Crippen LogP contribution in [0.5, 0.6) is 0 Å². The molecule has 0 saturated heterocycles. The largest absolute Gasteiger partial charge is 1.00 e. The van der Waals surface area contributed by atoms with Crippen molar-refractivity contribution >= 4 is 166 Å².